The van der Waals surface area contributed by atoms with Crippen molar-refractivity contribution in [1.82, 2.24) is 0 Å². The molecule has 0 aliphatic carbocycles. The van der Waals surface area contributed by atoms with Gasteiger partial charge in [-0.2, -0.15) is 0 Å². The first-order chi connectivity index (χ1) is 20.0. The summed E-state index contributed by atoms with van der Waals surface area (Å²) in [4.78, 5) is 13.1. The van der Waals surface area contributed by atoms with E-state index in [-0.39, 0.29) is 34.0 Å². The number of hydrogen-bond donors (Lipinski definition) is 5. The van der Waals surface area contributed by atoms with Crippen molar-refractivity contribution in [3.8, 4) is 17.2 Å². The predicted molar refractivity (Wildman–Crippen MR) is 164 cm³/mol. The highest BCUT2D eigenvalue weighted by Gasteiger charge is 2.23. The van der Waals surface area contributed by atoms with E-state index in [9.17, 15) is 28.5 Å². The Morgan fingerprint density at radius 2 is 1.43 bits per heavy atom. The molecular formula is C33H30N2O6S. The SMILES string of the molecule is CC(C)c1ccccc1NS(=O)(=O)c1ccc(NC(=O)c2cc(Cc3cccc4ccccc34)c(O)c(O)c2O)cc1. The Bertz CT molecular complexity index is 1900. The molecule has 42 heavy (non-hydrogen) atoms. The number of amides is 1. The van der Waals surface area contributed by atoms with Crippen molar-refractivity contribution >= 4 is 38.1 Å². The number of para-hydroxylation sites is 1. The van der Waals surface area contributed by atoms with Gasteiger partial charge in [0, 0.05) is 17.7 Å². The monoisotopic (exact) mass is 582 g/mol. The van der Waals surface area contributed by atoms with E-state index in [1.54, 1.807) is 12.1 Å². The number of aromatic hydroxyl groups is 3. The molecule has 0 saturated carbocycles. The van der Waals surface area contributed by atoms with Crippen molar-refractivity contribution in [2.75, 3.05) is 10.0 Å². The molecule has 5 aromatic carbocycles. The maximum atomic E-state index is 13.1. The minimum Gasteiger partial charge on any atom is -0.504 e. The third-order valence-electron chi connectivity index (χ3n) is 7.08. The van der Waals surface area contributed by atoms with E-state index in [0.29, 0.717) is 5.69 Å². The van der Waals surface area contributed by atoms with Gasteiger partial charge in [0.05, 0.1) is 16.1 Å². The van der Waals surface area contributed by atoms with Crippen molar-refractivity contribution in [2.45, 2.75) is 31.1 Å². The highest BCUT2D eigenvalue weighted by atomic mass is 32.2. The van der Waals surface area contributed by atoms with Crippen LogP contribution in [0.25, 0.3) is 10.8 Å². The van der Waals surface area contributed by atoms with E-state index >= 15 is 0 Å². The van der Waals surface area contributed by atoms with Gasteiger partial charge in [0.25, 0.3) is 15.9 Å². The summed E-state index contributed by atoms with van der Waals surface area (Å²) in [6, 6.07) is 27.5. The second-order valence-corrected chi connectivity index (χ2v) is 12.0. The van der Waals surface area contributed by atoms with Crippen LogP contribution in [0.4, 0.5) is 11.4 Å². The van der Waals surface area contributed by atoms with Crippen LogP contribution in [0.3, 0.4) is 0 Å². The number of sulfonamides is 1. The Morgan fingerprint density at radius 1 is 0.762 bits per heavy atom. The number of nitrogens with one attached hydrogen (secondary N) is 2. The lowest BCUT2D eigenvalue weighted by Crippen LogP contribution is -2.15. The molecule has 0 radical (unpaired) electrons. The molecule has 5 rings (SSSR count). The van der Waals surface area contributed by atoms with Gasteiger partial charge in [-0.15, -0.1) is 0 Å². The van der Waals surface area contributed by atoms with Crippen LogP contribution < -0.4 is 10.0 Å². The number of fused-ring (bicyclic) bond motifs is 1. The molecule has 0 fully saturated rings. The van der Waals surface area contributed by atoms with E-state index in [1.807, 2.05) is 68.4 Å². The summed E-state index contributed by atoms with van der Waals surface area (Å²) in [5, 5.41) is 36.0. The second-order valence-electron chi connectivity index (χ2n) is 10.3. The van der Waals surface area contributed by atoms with Crippen LogP contribution in [0.15, 0.2) is 102 Å². The lowest BCUT2D eigenvalue weighted by atomic mass is 9.96. The van der Waals surface area contributed by atoms with Gasteiger partial charge < -0.3 is 20.6 Å². The average molecular weight is 583 g/mol. The molecule has 0 saturated heterocycles. The Balaban J connectivity index is 1.37. The summed E-state index contributed by atoms with van der Waals surface area (Å²) in [5.41, 5.74) is 2.49. The third kappa shape index (κ3) is 5.73. The van der Waals surface area contributed by atoms with Gasteiger partial charge in [-0.3, -0.25) is 9.52 Å². The van der Waals surface area contributed by atoms with Crippen LogP contribution >= 0.6 is 0 Å². The van der Waals surface area contributed by atoms with Gasteiger partial charge in [-0.05, 0) is 64.2 Å². The Hall–Kier alpha value is -5.02. The summed E-state index contributed by atoms with van der Waals surface area (Å²) in [6.07, 6.45) is 0.195. The number of hydrogen-bond acceptors (Lipinski definition) is 6. The molecule has 8 nitrogen and oxygen atoms in total. The fraction of sp³-hybridized carbons (Fsp3) is 0.121. The molecule has 0 aliphatic heterocycles. The van der Waals surface area contributed by atoms with Gasteiger partial charge >= 0.3 is 0 Å². The van der Waals surface area contributed by atoms with E-state index in [4.69, 9.17) is 0 Å². The van der Waals surface area contributed by atoms with Gasteiger partial charge in [0.2, 0.25) is 5.75 Å². The molecule has 0 bridgehead atoms. The highest BCUT2D eigenvalue weighted by molar-refractivity contribution is 7.92. The number of phenolic OH excluding ortho intramolecular Hbond substituents is 3. The first kappa shape index (κ1) is 28.5. The molecular weight excluding hydrogens is 552 g/mol. The summed E-state index contributed by atoms with van der Waals surface area (Å²) in [5.74, 6) is -2.71. The van der Waals surface area contributed by atoms with Crippen LogP contribution in [0.2, 0.25) is 0 Å². The van der Waals surface area contributed by atoms with E-state index in [1.165, 1.54) is 30.3 Å². The van der Waals surface area contributed by atoms with Gasteiger partial charge in [-0.25, -0.2) is 8.42 Å². The molecule has 0 atom stereocenters. The van der Waals surface area contributed by atoms with Crippen LogP contribution in [0.1, 0.15) is 46.8 Å². The first-order valence-corrected chi connectivity index (χ1v) is 14.8. The smallest absolute Gasteiger partial charge is 0.261 e. The van der Waals surface area contributed by atoms with E-state index < -0.39 is 33.2 Å². The predicted octanol–water partition coefficient (Wildman–Crippen LogP) is 6.72. The molecule has 9 heteroatoms. The van der Waals surface area contributed by atoms with Crippen molar-refractivity contribution < 1.29 is 28.5 Å². The van der Waals surface area contributed by atoms with Crippen LogP contribution in [-0.2, 0) is 16.4 Å². The second kappa shape index (κ2) is 11.5. The van der Waals surface area contributed by atoms with E-state index in [2.05, 4.69) is 10.0 Å². The lowest BCUT2D eigenvalue weighted by molar-refractivity contribution is 0.102. The number of phenols is 3. The molecule has 0 aliphatic rings. The Labute approximate surface area is 244 Å². The lowest BCUT2D eigenvalue weighted by Gasteiger charge is -2.15. The average Bonchev–Trinajstić information content (AvgIpc) is 2.97. The van der Waals surface area contributed by atoms with E-state index in [0.717, 1.165) is 21.9 Å². The van der Waals surface area contributed by atoms with Gasteiger partial charge in [-0.1, -0.05) is 74.5 Å². The quantitative estimate of drug-likeness (QED) is 0.129. The van der Waals surface area contributed by atoms with Crippen LogP contribution in [-0.4, -0.2) is 29.6 Å². The van der Waals surface area contributed by atoms with Gasteiger partial charge in [0.15, 0.2) is 11.5 Å². The van der Waals surface area contributed by atoms with Gasteiger partial charge in [0.1, 0.15) is 0 Å². The first-order valence-electron chi connectivity index (χ1n) is 13.3. The number of carbonyl (C=O) groups is 1. The molecule has 0 spiro atoms. The zero-order valence-corrected chi connectivity index (χ0v) is 23.8. The molecule has 5 aromatic rings. The summed E-state index contributed by atoms with van der Waals surface area (Å²) < 4.78 is 28.7. The molecule has 0 unspecified atom stereocenters. The topological polar surface area (TPSA) is 136 Å². The maximum absolute atomic E-state index is 13.1. The summed E-state index contributed by atoms with van der Waals surface area (Å²) in [7, 11) is -3.90. The third-order valence-corrected chi connectivity index (χ3v) is 8.46. The molecule has 5 N–H and O–H groups in total. The number of carbonyl (C=O) groups excluding carboxylic acids is 1. The fourth-order valence-electron chi connectivity index (χ4n) is 4.88. The molecule has 1 amide bonds. The van der Waals surface area contributed by atoms with Crippen molar-refractivity contribution in [3.63, 3.8) is 0 Å². The molecule has 0 heterocycles. The fourth-order valence-corrected chi connectivity index (χ4v) is 5.96. The van der Waals surface area contributed by atoms with Crippen molar-refractivity contribution in [1.29, 1.82) is 0 Å². The molecule has 214 valence electrons. The standard InChI is InChI=1S/C33H30N2O6S/c1-20(2)26-11-5-6-13-29(26)35-42(40,41)25-16-14-24(15-17-25)34-33(39)28-19-23(30(36)32(38)31(28)37)18-22-10-7-9-21-8-3-4-12-27(21)22/h3-17,19-20,35-38H,18H2,1-2H3,(H,34,39). The zero-order chi connectivity index (χ0) is 30.0. The molecule has 0 aromatic heterocycles. The maximum Gasteiger partial charge on any atom is 0.261 e. The number of anilines is 2. The summed E-state index contributed by atoms with van der Waals surface area (Å²) >= 11 is 0. The van der Waals surface area contributed by atoms with Crippen LogP contribution in [0, 0.1) is 0 Å². The largest absolute Gasteiger partial charge is 0.504 e. The zero-order valence-electron chi connectivity index (χ0n) is 23.0. The number of benzene rings is 5. The minimum atomic E-state index is -3.90. The summed E-state index contributed by atoms with van der Waals surface area (Å²) in [6.45, 7) is 3.95. The number of rotatable bonds is 8. The highest BCUT2D eigenvalue weighted by Crippen LogP contribution is 2.42. The van der Waals surface area contributed by atoms with Crippen molar-refractivity contribution in [3.05, 3.63) is 119 Å². The Kier molecular flexibility index (Phi) is 7.78. The van der Waals surface area contributed by atoms with Crippen LogP contribution in [0.5, 0.6) is 17.2 Å². The van der Waals surface area contributed by atoms with Crippen molar-refractivity contribution in [2.24, 2.45) is 0 Å². The minimum absolute atomic E-state index is 0.00144. The normalized spacial score (nSPS) is 11.5. The Morgan fingerprint density at radius 3 is 2.17 bits per heavy atom.